The van der Waals surface area contributed by atoms with Crippen molar-refractivity contribution in [3.8, 4) is 0 Å². The molecule has 1 rings (SSSR count). The summed E-state index contributed by atoms with van der Waals surface area (Å²) in [7, 11) is 1.40. The van der Waals surface area contributed by atoms with Crippen molar-refractivity contribution < 1.29 is 14.1 Å². The van der Waals surface area contributed by atoms with Crippen LogP contribution in [0, 0.1) is 0 Å². The maximum atomic E-state index is 11.3. The zero-order valence-corrected chi connectivity index (χ0v) is 9.95. The van der Waals surface area contributed by atoms with Crippen molar-refractivity contribution in [2.75, 3.05) is 7.11 Å². The number of carbonyl (C=O) groups excluding carboxylic acids is 1. The van der Waals surface area contributed by atoms with Crippen LogP contribution in [0.5, 0.6) is 0 Å². The van der Waals surface area contributed by atoms with E-state index in [0.29, 0.717) is 13.0 Å². The van der Waals surface area contributed by atoms with E-state index in [1.807, 2.05) is 13.8 Å². The van der Waals surface area contributed by atoms with Crippen molar-refractivity contribution >= 4 is 5.97 Å². The fraction of sp³-hybridized carbons (Fsp3) is 0.636. The van der Waals surface area contributed by atoms with Gasteiger partial charge in [0.05, 0.1) is 19.2 Å². The van der Waals surface area contributed by atoms with Crippen LogP contribution in [0.1, 0.15) is 32.4 Å². The summed E-state index contributed by atoms with van der Waals surface area (Å²) in [6.45, 7) is 4.60. The quantitative estimate of drug-likeness (QED) is 0.744. The molecule has 1 atom stereocenters. The summed E-state index contributed by atoms with van der Waals surface area (Å²) in [4.78, 5) is 11.3. The van der Waals surface area contributed by atoms with Gasteiger partial charge in [-0.2, -0.15) is 0 Å². The highest BCUT2D eigenvalue weighted by Gasteiger charge is 2.25. The first kappa shape index (κ1) is 12.7. The number of hydrogen-bond donors (Lipinski definition) is 1. The second-order valence-electron chi connectivity index (χ2n) is 4.01. The van der Waals surface area contributed by atoms with Crippen LogP contribution in [0.4, 0.5) is 0 Å². The molecule has 0 aliphatic heterocycles. The minimum atomic E-state index is -0.272. The Kier molecular flexibility index (Phi) is 4.49. The van der Waals surface area contributed by atoms with E-state index in [-0.39, 0.29) is 11.5 Å². The molecule has 0 aliphatic rings. The van der Waals surface area contributed by atoms with E-state index < -0.39 is 0 Å². The lowest BCUT2D eigenvalue weighted by Crippen LogP contribution is -2.43. The van der Waals surface area contributed by atoms with Gasteiger partial charge in [-0.3, -0.25) is 4.79 Å². The maximum absolute atomic E-state index is 11.3. The fourth-order valence-electron chi connectivity index (χ4n) is 1.34. The highest BCUT2D eigenvalue weighted by atomic mass is 16.5. The summed E-state index contributed by atoms with van der Waals surface area (Å²) in [5, 5.41) is 7.09. The predicted molar refractivity (Wildman–Crippen MR) is 58.7 cm³/mol. The Bertz CT molecular complexity index is 324. The summed E-state index contributed by atoms with van der Waals surface area (Å²) in [6.07, 6.45) is 2.71. The lowest BCUT2D eigenvalue weighted by Gasteiger charge is -2.28. The van der Waals surface area contributed by atoms with Gasteiger partial charge in [-0.05, 0) is 13.3 Å². The molecule has 1 aromatic heterocycles. The van der Waals surface area contributed by atoms with E-state index in [2.05, 4.69) is 15.2 Å². The molecule has 0 saturated heterocycles. The van der Waals surface area contributed by atoms with Crippen LogP contribution in [-0.2, 0) is 16.1 Å². The van der Waals surface area contributed by atoms with Crippen molar-refractivity contribution in [2.24, 2.45) is 0 Å². The Balaban J connectivity index is 2.49. The summed E-state index contributed by atoms with van der Waals surface area (Å²) in [6, 6.07) is 1.79. The second kappa shape index (κ2) is 5.65. The summed E-state index contributed by atoms with van der Waals surface area (Å²) < 4.78 is 9.41. The van der Waals surface area contributed by atoms with Gasteiger partial charge < -0.3 is 14.6 Å². The van der Waals surface area contributed by atoms with Gasteiger partial charge in [0.2, 0.25) is 0 Å². The van der Waals surface area contributed by atoms with Gasteiger partial charge in [-0.25, -0.2) is 0 Å². The smallest absolute Gasteiger partial charge is 0.307 e. The molecule has 5 heteroatoms. The van der Waals surface area contributed by atoms with Crippen LogP contribution in [0.3, 0.4) is 0 Å². The van der Waals surface area contributed by atoms with Crippen LogP contribution in [0.15, 0.2) is 16.9 Å². The molecule has 0 spiro atoms. The SMILES string of the molecule is CC[C@](C)(CC(=O)OC)NCc1ccon1. The van der Waals surface area contributed by atoms with Gasteiger partial charge in [0, 0.05) is 18.2 Å². The highest BCUT2D eigenvalue weighted by molar-refractivity contribution is 5.70. The van der Waals surface area contributed by atoms with Crippen LogP contribution in [0.25, 0.3) is 0 Å². The molecule has 1 heterocycles. The number of hydrogen-bond acceptors (Lipinski definition) is 5. The molecular weight excluding hydrogens is 208 g/mol. The largest absolute Gasteiger partial charge is 0.469 e. The van der Waals surface area contributed by atoms with E-state index >= 15 is 0 Å². The van der Waals surface area contributed by atoms with Crippen molar-refractivity contribution in [1.82, 2.24) is 10.5 Å². The van der Waals surface area contributed by atoms with Gasteiger partial charge in [-0.1, -0.05) is 12.1 Å². The van der Waals surface area contributed by atoms with Crippen LogP contribution in [0.2, 0.25) is 0 Å². The molecule has 0 fully saturated rings. The lowest BCUT2D eigenvalue weighted by atomic mass is 9.94. The van der Waals surface area contributed by atoms with Gasteiger partial charge >= 0.3 is 5.97 Å². The van der Waals surface area contributed by atoms with E-state index in [1.165, 1.54) is 13.4 Å². The molecular formula is C11H18N2O3. The lowest BCUT2D eigenvalue weighted by molar-refractivity contribution is -0.142. The van der Waals surface area contributed by atoms with Gasteiger partial charge in [0.1, 0.15) is 6.26 Å². The number of carbonyl (C=O) groups is 1. The standard InChI is InChI=1S/C11H18N2O3/c1-4-11(2,7-10(14)15-3)12-8-9-5-6-16-13-9/h5-6,12H,4,7-8H2,1-3H3/t11-/m1/s1. The van der Waals surface area contributed by atoms with Crippen molar-refractivity contribution in [2.45, 2.75) is 38.8 Å². The third-order valence-corrected chi connectivity index (χ3v) is 2.73. The second-order valence-corrected chi connectivity index (χ2v) is 4.01. The van der Waals surface area contributed by atoms with Gasteiger partial charge in [0.25, 0.3) is 0 Å². The minimum Gasteiger partial charge on any atom is -0.469 e. The molecule has 5 nitrogen and oxygen atoms in total. The number of nitrogens with zero attached hydrogens (tertiary/aromatic N) is 1. The average molecular weight is 226 g/mol. The van der Waals surface area contributed by atoms with Crippen molar-refractivity contribution in [1.29, 1.82) is 0 Å². The molecule has 16 heavy (non-hydrogen) atoms. The number of esters is 1. The van der Waals surface area contributed by atoms with Crippen LogP contribution < -0.4 is 5.32 Å². The molecule has 0 bridgehead atoms. The monoisotopic (exact) mass is 226 g/mol. The Hall–Kier alpha value is -1.36. The zero-order chi connectivity index (χ0) is 12.0. The molecule has 0 saturated carbocycles. The molecule has 0 radical (unpaired) electrons. The molecule has 90 valence electrons. The van der Waals surface area contributed by atoms with Crippen LogP contribution >= 0.6 is 0 Å². The maximum Gasteiger partial charge on any atom is 0.307 e. The highest BCUT2D eigenvalue weighted by Crippen LogP contribution is 2.15. The Morgan fingerprint density at radius 3 is 2.94 bits per heavy atom. The van der Waals surface area contributed by atoms with Gasteiger partial charge in [0.15, 0.2) is 0 Å². The van der Waals surface area contributed by atoms with E-state index in [1.54, 1.807) is 6.07 Å². The third kappa shape index (κ3) is 3.66. The third-order valence-electron chi connectivity index (χ3n) is 2.73. The first-order valence-corrected chi connectivity index (χ1v) is 5.31. The molecule has 0 aliphatic carbocycles. The number of rotatable bonds is 6. The molecule has 0 unspecified atom stereocenters. The average Bonchev–Trinajstić information content (AvgIpc) is 2.79. The molecule has 1 aromatic rings. The van der Waals surface area contributed by atoms with E-state index in [4.69, 9.17) is 4.52 Å². The van der Waals surface area contributed by atoms with Crippen LogP contribution in [-0.4, -0.2) is 23.8 Å². The predicted octanol–water partition coefficient (Wildman–Crippen LogP) is 1.50. The molecule has 1 N–H and O–H groups in total. The number of aromatic nitrogens is 1. The molecule has 0 aromatic carbocycles. The van der Waals surface area contributed by atoms with Crippen molar-refractivity contribution in [3.63, 3.8) is 0 Å². The normalized spacial score (nSPS) is 14.4. The summed E-state index contributed by atoms with van der Waals surface area (Å²) in [5.74, 6) is -0.211. The van der Waals surface area contributed by atoms with E-state index in [9.17, 15) is 4.79 Å². The topological polar surface area (TPSA) is 64.4 Å². The summed E-state index contributed by atoms with van der Waals surface area (Å²) >= 11 is 0. The van der Waals surface area contributed by atoms with E-state index in [0.717, 1.165) is 12.1 Å². The minimum absolute atomic E-state index is 0.211. The van der Waals surface area contributed by atoms with Crippen molar-refractivity contribution in [3.05, 3.63) is 18.0 Å². The Morgan fingerprint density at radius 1 is 1.69 bits per heavy atom. The first-order chi connectivity index (χ1) is 7.59. The number of methoxy groups -OCH3 is 1. The van der Waals surface area contributed by atoms with Gasteiger partial charge in [-0.15, -0.1) is 0 Å². The number of nitrogens with one attached hydrogen (secondary N) is 1. The fourth-order valence-corrected chi connectivity index (χ4v) is 1.34. The molecule has 0 amide bonds. The number of ether oxygens (including phenoxy) is 1. The summed E-state index contributed by atoms with van der Waals surface area (Å²) in [5.41, 5.74) is 0.552. The Labute approximate surface area is 95.1 Å². The first-order valence-electron chi connectivity index (χ1n) is 5.31. The zero-order valence-electron chi connectivity index (χ0n) is 9.95. The Morgan fingerprint density at radius 2 is 2.44 bits per heavy atom.